The normalized spacial score (nSPS) is 11.5. The summed E-state index contributed by atoms with van der Waals surface area (Å²) >= 11 is 0. The number of hydrogen-bond acceptors (Lipinski definition) is 0. The molecule has 0 rings (SSSR count). The summed E-state index contributed by atoms with van der Waals surface area (Å²) in [5, 5.41) is 0. The van der Waals surface area contributed by atoms with Crippen molar-refractivity contribution in [2.24, 2.45) is 0 Å². The van der Waals surface area contributed by atoms with E-state index in [0.29, 0.717) is 0 Å². The van der Waals surface area contributed by atoms with Crippen LogP contribution < -0.4 is 0 Å². The minimum atomic E-state index is 0. The number of unbranched alkanes of at least 4 members (excludes halogenated alkanes) is 14. The lowest BCUT2D eigenvalue weighted by Gasteiger charge is -2.30. The van der Waals surface area contributed by atoms with Gasteiger partial charge in [0.1, 0.15) is 0 Å². The zero-order valence-corrected chi connectivity index (χ0v) is 18.5. The molecule has 148 valence electrons. The van der Waals surface area contributed by atoms with Crippen LogP contribution in [-0.2, 0) is 0 Å². The van der Waals surface area contributed by atoms with Crippen LogP contribution in [0.25, 0.3) is 0 Å². The molecular formula is C22H50ClN+2. The van der Waals surface area contributed by atoms with Crippen molar-refractivity contribution < 1.29 is 16.9 Å². The van der Waals surface area contributed by atoms with Crippen molar-refractivity contribution in [2.75, 3.05) is 27.2 Å². The molecule has 2 heteroatoms. The average molecular weight is 364 g/mol. The molecule has 0 saturated carbocycles. The summed E-state index contributed by atoms with van der Waals surface area (Å²) in [7, 11) is 4.87. The van der Waals surface area contributed by atoms with E-state index in [-0.39, 0.29) is 12.4 Å². The zero-order valence-electron chi connectivity index (χ0n) is 17.6. The minimum Gasteiger partial charge on any atom is -0.328 e. The molecule has 0 aromatic heterocycles. The fourth-order valence-corrected chi connectivity index (χ4v) is 3.46. The van der Waals surface area contributed by atoms with Crippen LogP contribution in [0.15, 0.2) is 0 Å². The Morgan fingerprint density at radius 3 is 0.958 bits per heavy atom. The maximum absolute atomic E-state index is 2.43. The number of quaternary nitrogens is 1. The zero-order chi connectivity index (χ0) is 17.2. The SMILES string of the molecule is CCCCCCCCCC[N+](C)(C)CCCCCCCCCC.[ClH2+]. The summed E-state index contributed by atoms with van der Waals surface area (Å²) in [4.78, 5) is 0. The molecule has 24 heavy (non-hydrogen) atoms. The summed E-state index contributed by atoms with van der Waals surface area (Å²) in [5.41, 5.74) is 0. The number of hydrogen-bond donors (Lipinski definition) is 0. The standard InChI is InChI=1S/C22H48N.ClH2/c1-5-7-9-11-13-15-17-19-21-23(3,4)22-20-18-16-14-12-10-8-6-2;/h5-22H2,1-4H3;1H2/q2*+1. The Kier molecular flexibility index (Phi) is 21.6. The van der Waals surface area contributed by atoms with E-state index in [0.717, 1.165) is 0 Å². The van der Waals surface area contributed by atoms with Gasteiger partial charge in [-0.15, -0.1) is 0 Å². The molecule has 0 atom stereocenters. The second-order valence-electron chi connectivity index (χ2n) is 8.33. The van der Waals surface area contributed by atoms with Crippen molar-refractivity contribution in [3.8, 4) is 0 Å². The lowest BCUT2D eigenvalue weighted by molar-refractivity contribution is -0.890. The number of halogens is 1. The van der Waals surface area contributed by atoms with Crippen LogP contribution in [0, 0.1) is 12.4 Å². The third-order valence-electron chi connectivity index (χ3n) is 5.23. The summed E-state index contributed by atoms with van der Waals surface area (Å²) < 4.78 is 1.24. The molecule has 0 saturated heterocycles. The second-order valence-corrected chi connectivity index (χ2v) is 8.33. The van der Waals surface area contributed by atoms with E-state index in [2.05, 4.69) is 27.9 Å². The van der Waals surface area contributed by atoms with Crippen molar-refractivity contribution in [3.05, 3.63) is 0 Å². The number of nitrogens with zero attached hydrogens (tertiary/aromatic N) is 1. The van der Waals surface area contributed by atoms with E-state index >= 15 is 0 Å². The van der Waals surface area contributed by atoms with Gasteiger partial charge in [0.05, 0.1) is 39.6 Å². The number of rotatable bonds is 18. The van der Waals surface area contributed by atoms with E-state index < -0.39 is 0 Å². The van der Waals surface area contributed by atoms with Crippen LogP contribution in [0.1, 0.15) is 117 Å². The predicted molar refractivity (Wildman–Crippen MR) is 110 cm³/mol. The van der Waals surface area contributed by atoms with Crippen LogP contribution in [0.5, 0.6) is 0 Å². The molecule has 0 aliphatic carbocycles. The molecule has 0 radical (unpaired) electrons. The van der Waals surface area contributed by atoms with Gasteiger partial charge < -0.3 is 4.48 Å². The Morgan fingerprint density at radius 1 is 0.417 bits per heavy atom. The summed E-state index contributed by atoms with van der Waals surface area (Å²) in [6.45, 7) is 7.36. The van der Waals surface area contributed by atoms with Crippen molar-refractivity contribution >= 4 is 0 Å². The average Bonchev–Trinajstić information content (AvgIpc) is 2.52. The van der Waals surface area contributed by atoms with E-state index in [1.165, 1.54) is 120 Å². The van der Waals surface area contributed by atoms with Crippen LogP contribution in [0.4, 0.5) is 0 Å². The largest absolute Gasteiger partial charge is 0.328 e. The third-order valence-corrected chi connectivity index (χ3v) is 5.23. The smallest absolute Gasteiger partial charge is 0.0903 e. The quantitative estimate of drug-likeness (QED) is 0.185. The van der Waals surface area contributed by atoms with Crippen LogP contribution in [-0.4, -0.2) is 31.7 Å². The van der Waals surface area contributed by atoms with Gasteiger partial charge in [0, 0.05) is 0 Å². The molecule has 0 spiro atoms. The Morgan fingerprint density at radius 2 is 0.667 bits per heavy atom. The van der Waals surface area contributed by atoms with E-state index in [1.54, 1.807) is 0 Å². The Hall–Kier alpha value is 0.250. The van der Waals surface area contributed by atoms with Gasteiger partial charge in [-0.25, -0.2) is 0 Å². The first-order valence-electron chi connectivity index (χ1n) is 10.9. The van der Waals surface area contributed by atoms with E-state index in [4.69, 9.17) is 0 Å². The van der Waals surface area contributed by atoms with Gasteiger partial charge in [-0.3, -0.25) is 0 Å². The summed E-state index contributed by atoms with van der Waals surface area (Å²) in [6, 6.07) is 0. The highest BCUT2D eigenvalue weighted by atomic mass is 35.5. The molecule has 0 aliphatic rings. The van der Waals surface area contributed by atoms with E-state index in [1.807, 2.05) is 0 Å². The van der Waals surface area contributed by atoms with Gasteiger partial charge in [0.25, 0.3) is 0 Å². The fourth-order valence-electron chi connectivity index (χ4n) is 3.46. The molecule has 0 aliphatic heterocycles. The topological polar surface area (TPSA) is 0 Å². The lowest BCUT2D eigenvalue weighted by atomic mass is 10.1. The maximum atomic E-state index is 2.43. The molecule has 1 nitrogen and oxygen atoms in total. The monoisotopic (exact) mass is 363 g/mol. The van der Waals surface area contributed by atoms with Gasteiger partial charge >= 0.3 is 0 Å². The molecule has 0 unspecified atom stereocenters. The minimum absolute atomic E-state index is 0. The highest BCUT2D eigenvalue weighted by Crippen LogP contribution is 2.13. The van der Waals surface area contributed by atoms with Gasteiger partial charge in [-0.05, 0) is 25.7 Å². The lowest BCUT2D eigenvalue weighted by Crippen LogP contribution is -2.41. The highest BCUT2D eigenvalue weighted by molar-refractivity contribution is 4.48. The van der Waals surface area contributed by atoms with Crippen LogP contribution >= 0.6 is 0 Å². The van der Waals surface area contributed by atoms with Crippen molar-refractivity contribution in [2.45, 2.75) is 117 Å². The van der Waals surface area contributed by atoms with Crippen LogP contribution in [0.3, 0.4) is 0 Å². The first kappa shape index (κ1) is 26.5. The Balaban J connectivity index is 0. The molecule has 0 aromatic carbocycles. The summed E-state index contributed by atoms with van der Waals surface area (Å²) in [5.74, 6) is 0. The van der Waals surface area contributed by atoms with Crippen LogP contribution in [0.2, 0.25) is 0 Å². The highest BCUT2D eigenvalue weighted by Gasteiger charge is 2.13. The molecule has 0 aromatic rings. The Bertz CT molecular complexity index is 206. The van der Waals surface area contributed by atoms with Gasteiger partial charge in [0.2, 0.25) is 0 Å². The molecule has 0 fully saturated rings. The third kappa shape index (κ3) is 20.3. The fraction of sp³-hybridized carbons (Fsp3) is 1.00. The van der Waals surface area contributed by atoms with Crippen molar-refractivity contribution in [1.82, 2.24) is 0 Å². The van der Waals surface area contributed by atoms with Gasteiger partial charge in [0.15, 0.2) is 0 Å². The van der Waals surface area contributed by atoms with Crippen molar-refractivity contribution in [3.63, 3.8) is 0 Å². The molecule has 0 N–H and O–H groups in total. The first-order chi connectivity index (χ1) is 11.1. The van der Waals surface area contributed by atoms with E-state index in [9.17, 15) is 0 Å². The maximum Gasteiger partial charge on any atom is 0.0903 e. The predicted octanol–water partition coefficient (Wildman–Crippen LogP) is 6.81. The van der Waals surface area contributed by atoms with Crippen molar-refractivity contribution in [1.29, 1.82) is 0 Å². The molecule has 0 heterocycles. The molecule has 0 bridgehead atoms. The van der Waals surface area contributed by atoms with Gasteiger partial charge in [-0.2, -0.15) is 0 Å². The first-order valence-corrected chi connectivity index (χ1v) is 10.9. The Labute approximate surface area is 161 Å². The molecular weight excluding hydrogens is 314 g/mol. The second kappa shape index (κ2) is 19.6. The molecule has 0 amide bonds. The van der Waals surface area contributed by atoms with Gasteiger partial charge in [-0.1, -0.05) is 90.9 Å². The summed E-state index contributed by atoms with van der Waals surface area (Å²) in [6.07, 6.45) is 23.0.